The molecule has 5 nitrogen and oxygen atoms in total. The third kappa shape index (κ3) is 4.72. The van der Waals surface area contributed by atoms with E-state index in [1.807, 2.05) is 31.0 Å². The highest BCUT2D eigenvalue weighted by molar-refractivity contribution is 7.90. The van der Waals surface area contributed by atoms with E-state index >= 15 is 0 Å². The summed E-state index contributed by atoms with van der Waals surface area (Å²) in [5.74, 6) is 0.213. The Balaban J connectivity index is 1.67. The molecule has 6 heteroatoms. The Kier molecular flexibility index (Phi) is 6.26. The van der Waals surface area contributed by atoms with Crippen molar-refractivity contribution in [1.82, 2.24) is 9.80 Å². The molecule has 0 N–H and O–H groups in total. The molecule has 0 aromatic heterocycles. The fourth-order valence-electron chi connectivity index (χ4n) is 4.44. The largest absolute Gasteiger partial charge is 0.341 e. The molecule has 1 aliphatic carbocycles. The molecular formula is C21H32N2O3S. The molecule has 0 saturated heterocycles. The monoisotopic (exact) mass is 392 g/mol. The average molecular weight is 393 g/mol. The van der Waals surface area contributed by atoms with Crippen LogP contribution in [0.3, 0.4) is 0 Å². The lowest BCUT2D eigenvalue weighted by molar-refractivity contribution is -0.137. The molecule has 1 unspecified atom stereocenters. The molecule has 3 rings (SSSR count). The predicted molar refractivity (Wildman–Crippen MR) is 108 cm³/mol. The number of rotatable bonds is 4. The molecule has 27 heavy (non-hydrogen) atoms. The van der Waals surface area contributed by atoms with Crippen LogP contribution >= 0.6 is 0 Å². The Bertz CT molecular complexity index is 785. The predicted octanol–water partition coefficient (Wildman–Crippen LogP) is 2.67. The van der Waals surface area contributed by atoms with E-state index in [9.17, 15) is 13.2 Å². The quantitative estimate of drug-likeness (QED) is 0.790. The lowest BCUT2D eigenvalue weighted by Gasteiger charge is -2.36. The average Bonchev–Trinajstić information content (AvgIpc) is 2.88. The Labute approximate surface area is 163 Å². The number of nitrogens with zero attached hydrogens (tertiary/aromatic N) is 2. The van der Waals surface area contributed by atoms with E-state index in [2.05, 4.69) is 4.90 Å². The molecule has 0 bridgehead atoms. The molecule has 1 aliphatic heterocycles. The number of sulfone groups is 1. The minimum Gasteiger partial charge on any atom is -0.341 e. The Morgan fingerprint density at radius 1 is 1.11 bits per heavy atom. The van der Waals surface area contributed by atoms with Gasteiger partial charge in [-0.1, -0.05) is 25.3 Å². The van der Waals surface area contributed by atoms with Crippen LogP contribution in [0.25, 0.3) is 0 Å². The summed E-state index contributed by atoms with van der Waals surface area (Å²) in [5, 5.41) is 0. The van der Waals surface area contributed by atoms with Crippen molar-refractivity contribution >= 4 is 15.7 Å². The third-order valence-corrected chi connectivity index (χ3v) is 7.43. The maximum atomic E-state index is 13.0. The van der Waals surface area contributed by atoms with Crippen LogP contribution in [0.4, 0.5) is 0 Å². The van der Waals surface area contributed by atoms with Crippen molar-refractivity contribution in [2.75, 3.05) is 26.4 Å². The van der Waals surface area contributed by atoms with E-state index in [0.29, 0.717) is 10.9 Å². The normalized spacial score (nSPS) is 20.6. The van der Waals surface area contributed by atoms with Gasteiger partial charge in [-0.25, -0.2) is 8.42 Å². The van der Waals surface area contributed by atoms with Gasteiger partial charge in [-0.05, 0) is 55.9 Å². The zero-order chi connectivity index (χ0) is 19.6. The molecule has 1 heterocycles. The highest BCUT2D eigenvalue weighted by Crippen LogP contribution is 2.24. The maximum Gasteiger partial charge on any atom is 0.239 e. The Hall–Kier alpha value is -1.40. The smallest absolute Gasteiger partial charge is 0.239 e. The zero-order valence-electron chi connectivity index (χ0n) is 16.8. The summed E-state index contributed by atoms with van der Waals surface area (Å²) >= 11 is 0. The van der Waals surface area contributed by atoms with Crippen molar-refractivity contribution in [3.05, 3.63) is 29.3 Å². The Morgan fingerprint density at radius 2 is 1.74 bits per heavy atom. The molecule has 2 aliphatic rings. The second-order valence-electron chi connectivity index (χ2n) is 8.16. The number of carbonyl (C=O) groups excluding carboxylic acids is 1. The molecule has 0 radical (unpaired) electrons. The first-order valence-electron chi connectivity index (χ1n) is 10.1. The van der Waals surface area contributed by atoms with Crippen molar-refractivity contribution in [2.24, 2.45) is 0 Å². The number of fused-ring (bicyclic) bond motifs is 1. The van der Waals surface area contributed by atoms with Crippen LogP contribution in [0, 0.1) is 0 Å². The van der Waals surface area contributed by atoms with Crippen molar-refractivity contribution in [2.45, 2.75) is 68.8 Å². The first-order chi connectivity index (χ1) is 12.8. The highest BCUT2D eigenvalue weighted by Gasteiger charge is 2.30. The fraction of sp³-hybridized carbons (Fsp3) is 0.667. The third-order valence-electron chi connectivity index (χ3n) is 6.32. The summed E-state index contributed by atoms with van der Waals surface area (Å²) in [5.41, 5.74) is 2.30. The van der Waals surface area contributed by atoms with Crippen LogP contribution in [0.15, 0.2) is 23.1 Å². The minimum absolute atomic E-state index is 0.138. The molecule has 0 spiro atoms. The number of likely N-dealkylation sites (N-methyl/N-ethyl adjacent to an activating group) is 1. The van der Waals surface area contributed by atoms with E-state index in [1.165, 1.54) is 31.1 Å². The van der Waals surface area contributed by atoms with E-state index in [0.717, 1.165) is 44.3 Å². The number of carbonyl (C=O) groups is 1. The summed E-state index contributed by atoms with van der Waals surface area (Å²) in [6.45, 7) is 3.63. The first-order valence-corrected chi connectivity index (χ1v) is 12.0. The van der Waals surface area contributed by atoms with Gasteiger partial charge in [0.15, 0.2) is 9.84 Å². The van der Waals surface area contributed by atoms with Crippen LogP contribution in [0.5, 0.6) is 0 Å². The molecule has 1 fully saturated rings. The number of hydrogen-bond acceptors (Lipinski definition) is 4. The SMILES string of the molecule is CC(C(=O)N(C)C1CCCCC1)N1CCc2ccc(S(C)(=O)=O)cc2CC1. The summed E-state index contributed by atoms with van der Waals surface area (Å²) in [6.07, 6.45) is 8.85. The first kappa shape index (κ1) is 20.3. The maximum absolute atomic E-state index is 13.0. The molecule has 1 atom stereocenters. The second-order valence-corrected chi connectivity index (χ2v) is 10.2. The van der Waals surface area contributed by atoms with Gasteiger partial charge in [-0.3, -0.25) is 9.69 Å². The molecule has 1 aromatic rings. The van der Waals surface area contributed by atoms with Crippen LogP contribution in [0.1, 0.15) is 50.2 Å². The van der Waals surface area contributed by atoms with Crippen LogP contribution in [0.2, 0.25) is 0 Å². The summed E-state index contributed by atoms with van der Waals surface area (Å²) < 4.78 is 23.7. The molecule has 1 aromatic carbocycles. The van der Waals surface area contributed by atoms with Gasteiger partial charge < -0.3 is 4.90 Å². The highest BCUT2D eigenvalue weighted by atomic mass is 32.2. The topological polar surface area (TPSA) is 57.7 Å². The standard InChI is InChI=1S/C21H32N2O3S/c1-16(21(24)22(2)19-7-5-4-6-8-19)23-13-11-17-9-10-20(27(3,25)26)15-18(17)12-14-23/h9-10,15-16,19H,4-8,11-14H2,1-3H3. The van der Waals surface area contributed by atoms with Crippen molar-refractivity contribution in [3.8, 4) is 0 Å². The molecule has 1 amide bonds. The summed E-state index contributed by atoms with van der Waals surface area (Å²) in [6, 6.07) is 5.70. The van der Waals surface area contributed by atoms with E-state index < -0.39 is 9.84 Å². The van der Waals surface area contributed by atoms with Gasteiger partial charge in [-0.15, -0.1) is 0 Å². The minimum atomic E-state index is -3.19. The lowest BCUT2D eigenvalue weighted by Crippen LogP contribution is -2.50. The van der Waals surface area contributed by atoms with E-state index in [1.54, 1.807) is 6.07 Å². The second kappa shape index (κ2) is 8.31. The van der Waals surface area contributed by atoms with Gasteiger partial charge >= 0.3 is 0 Å². The molecule has 1 saturated carbocycles. The van der Waals surface area contributed by atoms with Gasteiger partial charge in [-0.2, -0.15) is 0 Å². The number of benzene rings is 1. The van der Waals surface area contributed by atoms with Gasteiger partial charge in [0.2, 0.25) is 5.91 Å². The van der Waals surface area contributed by atoms with Crippen molar-refractivity contribution < 1.29 is 13.2 Å². The van der Waals surface area contributed by atoms with E-state index in [-0.39, 0.29) is 11.9 Å². The number of amides is 1. The lowest BCUT2D eigenvalue weighted by atomic mass is 9.94. The van der Waals surface area contributed by atoms with Crippen LogP contribution in [-0.4, -0.2) is 62.6 Å². The van der Waals surface area contributed by atoms with E-state index in [4.69, 9.17) is 0 Å². The molecule has 150 valence electrons. The van der Waals surface area contributed by atoms with Crippen LogP contribution < -0.4 is 0 Å². The Morgan fingerprint density at radius 3 is 2.37 bits per heavy atom. The number of hydrogen-bond donors (Lipinski definition) is 0. The van der Waals surface area contributed by atoms with Crippen molar-refractivity contribution in [3.63, 3.8) is 0 Å². The molecular weight excluding hydrogens is 360 g/mol. The van der Waals surface area contributed by atoms with Crippen LogP contribution in [-0.2, 0) is 27.5 Å². The summed E-state index contributed by atoms with van der Waals surface area (Å²) in [4.78, 5) is 17.6. The van der Waals surface area contributed by atoms with Gasteiger partial charge in [0.05, 0.1) is 10.9 Å². The van der Waals surface area contributed by atoms with Gasteiger partial charge in [0, 0.05) is 32.4 Å². The summed E-state index contributed by atoms with van der Waals surface area (Å²) in [7, 11) is -1.23. The fourth-order valence-corrected chi connectivity index (χ4v) is 5.11. The van der Waals surface area contributed by atoms with Crippen molar-refractivity contribution in [1.29, 1.82) is 0 Å². The zero-order valence-corrected chi connectivity index (χ0v) is 17.6. The van der Waals surface area contributed by atoms with Gasteiger partial charge in [0.1, 0.15) is 0 Å². The van der Waals surface area contributed by atoms with Gasteiger partial charge in [0.25, 0.3) is 0 Å².